The number of nitrogens with two attached hydrogens (primary N) is 1. The molecular weight excluding hydrogens is 835 g/mol. The van der Waals surface area contributed by atoms with E-state index < -0.39 is 10.0 Å². The summed E-state index contributed by atoms with van der Waals surface area (Å²) >= 11 is 0. The molecular formula is C29H39N29O3S. The molecule has 0 atom stereocenters. The fourth-order valence-corrected chi connectivity index (χ4v) is 5.86. The van der Waals surface area contributed by atoms with Crippen LogP contribution in [0.5, 0.6) is 5.75 Å². The van der Waals surface area contributed by atoms with E-state index >= 15 is 0 Å². The molecule has 32 nitrogen and oxygen atoms in total. The molecule has 324 valence electrons. The highest BCUT2D eigenvalue weighted by Gasteiger charge is 2.25. The summed E-state index contributed by atoms with van der Waals surface area (Å²) in [7, 11) is 5.61. The highest BCUT2D eigenvalue weighted by molar-refractivity contribution is 7.92. The first kappa shape index (κ1) is 51.2. The number of nitrogen functional groups attached to an aromatic ring is 1. The lowest BCUT2D eigenvalue weighted by Gasteiger charge is -2.24. The summed E-state index contributed by atoms with van der Waals surface area (Å²) in [5.74, 6) is 0.879. The summed E-state index contributed by atoms with van der Waals surface area (Å²) in [4.78, 5) is 28.1. The van der Waals surface area contributed by atoms with Crippen LogP contribution in [0.25, 0.3) is 95.3 Å². The second-order valence-corrected chi connectivity index (χ2v) is 14.0. The van der Waals surface area contributed by atoms with E-state index in [1.54, 1.807) is 18.1 Å². The number of nitrogens with one attached hydrogen (secondary N) is 2. The monoisotopic (exact) mass is 873 g/mol. The maximum absolute atomic E-state index is 12.6. The molecule has 2 aromatic heterocycles. The van der Waals surface area contributed by atoms with Gasteiger partial charge in [-0.1, -0.05) is 34.8 Å². The number of ether oxygens (including phenoxy) is 1. The average molecular weight is 874 g/mol. The first-order valence-electron chi connectivity index (χ1n) is 16.9. The van der Waals surface area contributed by atoms with E-state index in [1.807, 2.05) is 33.3 Å². The minimum atomic E-state index is -3.56. The van der Waals surface area contributed by atoms with Crippen LogP contribution in [-0.4, -0.2) is 82.5 Å². The molecule has 4 aromatic rings. The van der Waals surface area contributed by atoms with Crippen LogP contribution in [0, 0.1) is 5.53 Å². The molecule has 1 aliphatic heterocycles. The molecule has 0 saturated heterocycles. The molecule has 62 heavy (non-hydrogen) atoms. The second-order valence-electron chi connectivity index (χ2n) is 11.9. The number of hydrogen-bond acceptors (Lipinski definition) is 10. The zero-order chi connectivity index (χ0) is 46.7. The van der Waals surface area contributed by atoms with Gasteiger partial charge in [0, 0.05) is 71.7 Å². The summed E-state index contributed by atoms with van der Waals surface area (Å²) in [6.07, 6.45) is 6.83. The maximum Gasteiger partial charge on any atom is 0.280 e. The number of para-hydroxylation sites is 1. The number of methoxy groups -OCH3 is 1. The van der Waals surface area contributed by atoms with Gasteiger partial charge in [0.05, 0.1) is 63.5 Å². The summed E-state index contributed by atoms with van der Waals surface area (Å²) < 4.78 is 34.3. The van der Waals surface area contributed by atoms with Gasteiger partial charge in [0.1, 0.15) is 11.4 Å². The minimum Gasteiger partial charge on any atom is -0.494 e. The zero-order valence-corrected chi connectivity index (χ0v) is 34.7. The number of hydrogen-bond donors (Lipinski definition) is 3. The van der Waals surface area contributed by atoms with Gasteiger partial charge in [-0.15, -0.1) is 22.1 Å². The zero-order valence-electron chi connectivity index (χ0n) is 33.9. The molecule has 2 aromatic carbocycles. The Kier molecular flexibility index (Phi) is 22.2. The molecule has 4 N–H and O–H groups in total. The van der Waals surface area contributed by atoms with Crippen LogP contribution < -0.4 is 25.0 Å². The van der Waals surface area contributed by atoms with Crippen molar-refractivity contribution in [2.45, 2.75) is 19.4 Å². The van der Waals surface area contributed by atoms with Crippen LogP contribution in [0.4, 0.5) is 28.7 Å². The summed E-state index contributed by atoms with van der Waals surface area (Å²) in [6, 6.07) is 9.95. The van der Waals surface area contributed by atoms with Gasteiger partial charge in [-0.2, -0.15) is 14.7 Å². The van der Waals surface area contributed by atoms with Crippen LogP contribution in [0.3, 0.4) is 0 Å². The Morgan fingerprint density at radius 2 is 1.44 bits per heavy atom. The second kappa shape index (κ2) is 26.9. The van der Waals surface area contributed by atoms with Crippen LogP contribution in [0.2, 0.25) is 0 Å². The standard InChI is InChI=1S/C29H38N8O3S.3N6.HN3/c1-34(2)13-14-35(3)24-16-26(40-5)23(15-22(24)30)32-29-31-17-25(36(4)41(6,38)39)27(33-29)21-18-37-12-8-10-19-9-7-11-20(21)28(19)37;3*1-3-5-6-4-2;1-3-2/h7,9,11,15-18H,8,10,12-14,30H2,1-6H3,(H,31,32,33);;;;1H. The summed E-state index contributed by atoms with van der Waals surface area (Å²) in [6.45, 7) is 2.57. The van der Waals surface area contributed by atoms with Crippen molar-refractivity contribution in [1.29, 1.82) is 5.53 Å². The molecule has 3 heterocycles. The van der Waals surface area contributed by atoms with Crippen LogP contribution >= 0.6 is 0 Å². The number of likely N-dealkylation sites (N-methyl/N-ethyl adjacent to an activating group) is 2. The van der Waals surface area contributed by atoms with Crippen LogP contribution in [0.15, 0.2) is 74.1 Å². The number of benzene rings is 2. The number of sulfonamides is 1. The Hall–Kier alpha value is -8.86. The first-order valence-corrected chi connectivity index (χ1v) is 18.8. The topological polar surface area (TPSA) is 475 Å². The fourth-order valence-electron chi connectivity index (χ4n) is 5.37. The number of aromatic nitrogens is 3. The molecule has 0 saturated carbocycles. The molecule has 0 bridgehead atoms. The van der Waals surface area contributed by atoms with Gasteiger partial charge >= 0.3 is 0 Å². The third-order valence-corrected chi connectivity index (χ3v) is 9.13. The molecule has 1 aliphatic rings. The van der Waals surface area contributed by atoms with Crippen LogP contribution in [-0.2, 0) is 23.0 Å². The van der Waals surface area contributed by atoms with E-state index in [2.05, 4.69) is 104 Å². The van der Waals surface area contributed by atoms with Crippen LogP contribution in [0.1, 0.15) is 12.0 Å². The van der Waals surface area contributed by atoms with E-state index in [1.165, 1.54) is 34.9 Å². The Morgan fingerprint density at radius 1 is 0.887 bits per heavy atom. The predicted molar refractivity (Wildman–Crippen MR) is 231 cm³/mol. The van der Waals surface area contributed by atoms with Gasteiger partial charge in [-0.25, -0.2) is 18.4 Å². The highest BCUT2D eigenvalue weighted by Crippen LogP contribution is 2.40. The Bertz CT molecular complexity index is 2480. The largest absolute Gasteiger partial charge is 0.494 e. The van der Waals surface area contributed by atoms with Gasteiger partial charge in [-0.05, 0) is 49.0 Å². The van der Waals surface area contributed by atoms with E-state index in [-0.39, 0.29) is 0 Å². The molecule has 0 amide bonds. The molecule has 0 spiro atoms. The SMILES string of the molecule is COc1cc(N(C)CCN(C)C)c(N)cc1Nc1ncc(N(C)S(C)(=O)=O)c(-c2cn3c4c(cccc24)CCC3)n1.[N-]=[N+]=N.[N-]=[N+]=NN=[N+]=[N-].[N-]=[N+]=NN=[N+]=[N-].[N-]=[N+]=NN=[N+]=[N-]. The van der Waals surface area contributed by atoms with E-state index in [0.29, 0.717) is 34.5 Å². The molecule has 33 heteroatoms. The fraction of sp³-hybridized carbons (Fsp3) is 0.379. The lowest BCUT2D eigenvalue weighted by molar-refractivity contribution is 0.413. The van der Waals surface area contributed by atoms with Crippen molar-refractivity contribution in [3.63, 3.8) is 0 Å². The Morgan fingerprint density at radius 3 is 1.92 bits per heavy atom. The van der Waals surface area contributed by atoms with Crippen molar-refractivity contribution >= 4 is 49.6 Å². The lowest BCUT2D eigenvalue weighted by atomic mass is 10.0. The van der Waals surface area contributed by atoms with Gasteiger partial charge in [-0.3, -0.25) is 4.31 Å². The maximum atomic E-state index is 12.6. The average Bonchev–Trinajstić information content (AvgIpc) is 3.63. The number of nitrogens with zero attached hydrogens (tertiary/aromatic N) is 26. The number of aryl methyl sites for hydroxylation is 2. The molecule has 0 radical (unpaired) electrons. The quantitative estimate of drug-likeness (QED) is 0.0378. The predicted octanol–water partition coefficient (Wildman–Crippen LogP) is 9.21. The highest BCUT2D eigenvalue weighted by atomic mass is 32.2. The third kappa shape index (κ3) is 15.8. The van der Waals surface area contributed by atoms with Crippen molar-refractivity contribution < 1.29 is 13.2 Å². The van der Waals surface area contributed by atoms with E-state index in [4.69, 9.17) is 59.7 Å². The molecule has 0 aliphatic carbocycles. The lowest BCUT2D eigenvalue weighted by Crippen LogP contribution is -2.29. The molecule has 5 rings (SSSR count). The van der Waals surface area contributed by atoms with Gasteiger partial charge in [0.25, 0.3) is 15.7 Å². The Balaban J connectivity index is 0.000000758. The van der Waals surface area contributed by atoms with E-state index in [0.717, 1.165) is 49.1 Å². The minimum absolute atomic E-state index is 0.295. The van der Waals surface area contributed by atoms with Crippen molar-refractivity contribution in [2.75, 3.05) is 74.9 Å². The number of rotatable bonds is 13. The molecule has 0 unspecified atom stereocenters. The Labute approximate surface area is 351 Å². The van der Waals surface area contributed by atoms with E-state index in [9.17, 15) is 8.42 Å². The van der Waals surface area contributed by atoms with Crippen molar-refractivity contribution in [2.24, 2.45) is 31.3 Å². The summed E-state index contributed by atoms with van der Waals surface area (Å²) in [5.41, 5.74) is 69.3. The number of azide groups is 6. The van der Waals surface area contributed by atoms with Crippen molar-refractivity contribution in [3.8, 4) is 17.0 Å². The smallest absolute Gasteiger partial charge is 0.280 e. The third-order valence-electron chi connectivity index (χ3n) is 7.94. The first-order chi connectivity index (χ1) is 29.6. The summed E-state index contributed by atoms with van der Waals surface area (Å²) in [5, 5.41) is 19.2. The van der Waals surface area contributed by atoms with Crippen molar-refractivity contribution in [3.05, 3.63) is 121 Å². The van der Waals surface area contributed by atoms with Gasteiger partial charge < -0.3 is 30.2 Å². The normalized spacial score (nSPS) is 10.1. The molecule has 0 fully saturated rings. The number of anilines is 5. The van der Waals surface area contributed by atoms with Crippen molar-refractivity contribution in [1.82, 2.24) is 19.4 Å². The van der Waals surface area contributed by atoms with Gasteiger partial charge in [0.2, 0.25) is 16.0 Å². The van der Waals surface area contributed by atoms with Gasteiger partial charge in [0.15, 0.2) is 0 Å².